The molecular formula is C16H14FNO. The van der Waals surface area contributed by atoms with E-state index in [1.54, 1.807) is 12.1 Å². The van der Waals surface area contributed by atoms with Gasteiger partial charge in [-0.2, -0.15) is 0 Å². The molecule has 1 N–H and O–H groups in total. The van der Waals surface area contributed by atoms with Crippen LogP contribution in [0.3, 0.4) is 0 Å². The highest BCUT2D eigenvalue weighted by Gasteiger charge is 2.26. The summed E-state index contributed by atoms with van der Waals surface area (Å²) < 4.78 is 13.2. The molecule has 1 unspecified atom stereocenters. The van der Waals surface area contributed by atoms with Crippen molar-refractivity contribution >= 4 is 5.78 Å². The first-order valence-corrected chi connectivity index (χ1v) is 6.34. The van der Waals surface area contributed by atoms with Crippen molar-refractivity contribution in [3.8, 4) is 0 Å². The summed E-state index contributed by atoms with van der Waals surface area (Å²) in [6.07, 6.45) is 0. The molecular weight excluding hydrogens is 241 g/mol. The lowest BCUT2D eigenvalue weighted by Crippen LogP contribution is -2.32. The van der Waals surface area contributed by atoms with Gasteiger partial charge in [-0.1, -0.05) is 36.4 Å². The molecule has 3 heteroatoms. The molecule has 0 saturated carbocycles. The van der Waals surface area contributed by atoms with Gasteiger partial charge in [-0.25, -0.2) is 4.39 Å². The molecule has 0 amide bonds. The van der Waals surface area contributed by atoms with Crippen molar-refractivity contribution in [2.24, 2.45) is 0 Å². The molecule has 1 aliphatic rings. The fourth-order valence-electron chi connectivity index (χ4n) is 2.57. The lowest BCUT2D eigenvalue weighted by molar-refractivity contribution is 0.0954. The lowest BCUT2D eigenvalue weighted by atomic mass is 9.85. The molecule has 1 atom stereocenters. The van der Waals surface area contributed by atoms with E-state index in [2.05, 4.69) is 5.32 Å². The number of benzene rings is 2. The number of rotatable bonds is 2. The molecule has 96 valence electrons. The summed E-state index contributed by atoms with van der Waals surface area (Å²) in [7, 11) is 0. The fourth-order valence-corrected chi connectivity index (χ4v) is 2.57. The van der Waals surface area contributed by atoms with Crippen LogP contribution >= 0.6 is 0 Å². The molecule has 0 bridgehead atoms. The van der Waals surface area contributed by atoms with Crippen molar-refractivity contribution in [2.75, 3.05) is 6.54 Å². The second-order valence-electron chi connectivity index (χ2n) is 4.76. The first-order valence-electron chi connectivity index (χ1n) is 6.34. The SMILES string of the molecule is O=C(c1cccc(F)c1)C1CNCc2ccccc21. The van der Waals surface area contributed by atoms with Gasteiger partial charge in [0.1, 0.15) is 5.82 Å². The Hall–Kier alpha value is -2.00. The van der Waals surface area contributed by atoms with Crippen LogP contribution in [-0.2, 0) is 6.54 Å². The van der Waals surface area contributed by atoms with E-state index >= 15 is 0 Å². The first kappa shape index (κ1) is 12.1. The van der Waals surface area contributed by atoms with Crippen molar-refractivity contribution in [1.29, 1.82) is 0 Å². The molecule has 1 aliphatic heterocycles. The Morgan fingerprint density at radius 2 is 2.00 bits per heavy atom. The summed E-state index contributed by atoms with van der Waals surface area (Å²) in [5.74, 6) is -0.631. The maximum atomic E-state index is 13.2. The highest BCUT2D eigenvalue weighted by atomic mass is 19.1. The minimum Gasteiger partial charge on any atom is -0.312 e. The van der Waals surface area contributed by atoms with Crippen LogP contribution in [0.4, 0.5) is 4.39 Å². The predicted octanol–water partition coefficient (Wildman–Crippen LogP) is 2.90. The van der Waals surface area contributed by atoms with Crippen LogP contribution in [0.25, 0.3) is 0 Å². The summed E-state index contributed by atoms with van der Waals surface area (Å²) in [5, 5.41) is 3.24. The second-order valence-corrected chi connectivity index (χ2v) is 4.76. The fraction of sp³-hybridized carbons (Fsp3) is 0.188. The minimum absolute atomic E-state index is 0.0286. The van der Waals surface area contributed by atoms with Gasteiger partial charge in [0.2, 0.25) is 0 Å². The van der Waals surface area contributed by atoms with Crippen molar-refractivity contribution in [1.82, 2.24) is 5.32 Å². The third-order valence-electron chi connectivity index (χ3n) is 3.52. The number of hydrogen-bond donors (Lipinski definition) is 1. The number of fused-ring (bicyclic) bond motifs is 1. The number of halogens is 1. The van der Waals surface area contributed by atoms with Crippen LogP contribution in [0.1, 0.15) is 27.4 Å². The van der Waals surface area contributed by atoms with Gasteiger partial charge in [-0.15, -0.1) is 0 Å². The predicted molar refractivity (Wildman–Crippen MR) is 71.6 cm³/mol. The van der Waals surface area contributed by atoms with E-state index in [0.29, 0.717) is 12.1 Å². The summed E-state index contributed by atoms with van der Waals surface area (Å²) in [6.45, 7) is 1.38. The van der Waals surface area contributed by atoms with E-state index in [4.69, 9.17) is 0 Å². The van der Waals surface area contributed by atoms with Crippen molar-refractivity contribution in [3.63, 3.8) is 0 Å². The molecule has 0 radical (unpaired) electrons. The van der Waals surface area contributed by atoms with E-state index in [9.17, 15) is 9.18 Å². The standard InChI is InChI=1S/C16H14FNO/c17-13-6-3-5-11(8-13)16(19)15-10-18-9-12-4-1-2-7-14(12)15/h1-8,15,18H,9-10H2. The molecule has 2 nitrogen and oxygen atoms in total. The second kappa shape index (κ2) is 4.94. The minimum atomic E-state index is -0.372. The van der Waals surface area contributed by atoms with E-state index < -0.39 is 0 Å². The number of carbonyl (C=O) groups excluding carboxylic acids is 1. The van der Waals surface area contributed by atoms with Gasteiger partial charge in [0, 0.05) is 18.7 Å². The Bertz CT molecular complexity index is 624. The Kier molecular flexibility index (Phi) is 3.13. The van der Waals surface area contributed by atoms with Crippen LogP contribution in [0.2, 0.25) is 0 Å². The monoisotopic (exact) mass is 255 g/mol. The maximum absolute atomic E-state index is 13.2. The number of hydrogen-bond acceptors (Lipinski definition) is 2. The summed E-state index contributed by atoms with van der Waals surface area (Å²) >= 11 is 0. The summed E-state index contributed by atoms with van der Waals surface area (Å²) in [6, 6.07) is 13.8. The van der Waals surface area contributed by atoms with Crippen LogP contribution in [0.15, 0.2) is 48.5 Å². The van der Waals surface area contributed by atoms with E-state index in [0.717, 1.165) is 17.7 Å². The Balaban J connectivity index is 1.98. The van der Waals surface area contributed by atoms with Crippen molar-refractivity contribution in [2.45, 2.75) is 12.5 Å². The lowest BCUT2D eigenvalue weighted by Gasteiger charge is -2.25. The largest absolute Gasteiger partial charge is 0.312 e. The highest BCUT2D eigenvalue weighted by molar-refractivity contribution is 6.01. The number of nitrogens with one attached hydrogen (secondary N) is 1. The highest BCUT2D eigenvalue weighted by Crippen LogP contribution is 2.27. The number of ketones is 1. The van der Waals surface area contributed by atoms with Gasteiger partial charge in [-0.05, 0) is 23.3 Å². The molecule has 2 aromatic carbocycles. The van der Waals surface area contributed by atoms with E-state index in [1.165, 1.54) is 12.1 Å². The van der Waals surface area contributed by atoms with Crippen LogP contribution in [0.5, 0.6) is 0 Å². The zero-order valence-corrected chi connectivity index (χ0v) is 10.4. The molecule has 0 aliphatic carbocycles. The maximum Gasteiger partial charge on any atom is 0.171 e. The van der Waals surface area contributed by atoms with Gasteiger partial charge < -0.3 is 5.32 Å². The van der Waals surface area contributed by atoms with Gasteiger partial charge in [-0.3, -0.25) is 4.79 Å². The Morgan fingerprint density at radius 3 is 2.84 bits per heavy atom. The molecule has 0 saturated heterocycles. The van der Waals surface area contributed by atoms with E-state index in [1.807, 2.05) is 24.3 Å². The zero-order chi connectivity index (χ0) is 13.2. The topological polar surface area (TPSA) is 29.1 Å². The molecule has 3 rings (SSSR count). The summed E-state index contributed by atoms with van der Waals surface area (Å²) in [4.78, 5) is 12.5. The van der Waals surface area contributed by atoms with Crippen LogP contribution < -0.4 is 5.32 Å². The van der Waals surface area contributed by atoms with E-state index in [-0.39, 0.29) is 17.5 Å². The normalized spacial score (nSPS) is 17.8. The Labute approximate surface area is 111 Å². The van der Waals surface area contributed by atoms with Crippen molar-refractivity contribution in [3.05, 3.63) is 71.0 Å². The quantitative estimate of drug-likeness (QED) is 0.836. The molecule has 1 heterocycles. The average Bonchev–Trinajstić information content (AvgIpc) is 2.46. The summed E-state index contributed by atoms with van der Waals surface area (Å²) in [5.41, 5.74) is 2.63. The van der Waals surface area contributed by atoms with Crippen LogP contribution in [-0.4, -0.2) is 12.3 Å². The molecule has 0 aromatic heterocycles. The molecule has 2 aromatic rings. The van der Waals surface area contributed by atoms with Gasteiger partial charge >= 0.3 is 0 Å². The smallest absolute Gasteiger partial charge is 0.171 e. The average molecular weight is 255 g/mol. The molecule has 0 spiro atoms. The van der Waals surface area contributed by atoms with Gasteiger partial charge in [0.15, 0.2) is 5.78 Å². The number of Topliss-reactive ketones (excluding diaryl/α,β-unsaturated/α-hetero) is 1. The van der Waals surface area contributed by atoms with Crippen molar-refractivity contribution < 1.29 is 9.18 Å². The number of carbonyl (C=O) groups is 1. The molecule has 19 heavy (non-hydrogen) atoms. The van der Waals surface area contributed by atoms with Crippen LogP contribution in [0, 0.1) is 5.82 Å². The van der Waals surface area contributed by atoms with Gasteiger partial charge in [0.05, 0.1) is 5.92 Å². The Morgan fingerprint density at radius 1 is 1.16 bits per heavy atom. The third-order valence-corrected chi connectivity index (χ3v) is 3.52. The zero-order valence-electron chi connectivity index (χ0n) is 10.4. The molecule has 0 fully saturated rings. The first-order chi connectivity index (χ1) is 9.25. The van der Waals surface area contributed by atoms with Gasteiger partial charge in [0.25, 0.3) is 0 Å². The third kappa shape index (κ3) is 2.29.